The summed E-state index contributed by atoms with van der Waals surface area (Å²) in [6, 6.07) is 0. The van der Waals surface area contributed by atoms with Gasteiger partial charge in [-0.1, -0.05) is 0 Å². The molecule has 13 heavy (non-hydrogen) atoms. The van der Waals surface area contributed by atoms with Crippen molar-refractivity contribution in [3.63, 3.8) is 0 Å². The number of esters is 1. The molecular weight excluding hydrogens is 180 g/mol. The van der Waals surface area contributed by atoms with Crippen LogP contribution in [0.25, 0.3) is 0 Å². The molecule has 0 aliphatic carbocycles. The Bertz CT molecular complexity index is 258. The van der Waals surface area contributed by atoms with Gasteiger partial charge in [-0.3, -0.25) is 4.79 Å². The average Bonchev–Trinajstić information content (AvgIpc) is 2.29. The number of carbonyl (C=O) groups excluding carboxylic acids is 3. The molecule has 0 aromatic rings. The summed E-state index contributed by atoms with van der Waals surface area (Å²) >= 11 is 0. The number of carbonyl (C=O) groups is 3. The second kappa shape index (κ2) is 3.42. The van der Waals surface area contributed by atoms with Crippen LogP contribution >= 0.6 is 0 Å². The topological polar surface area (TPSA) is 107 Å². The summed E-state index contributed by atoms with van der Waals surface area (Å²) < 4.78 is 4.34. The first-order valence-electron chi connectivity index (χ1n) is 3.61. The van der Waals surface area contributed by atoms with Gasteiger partial charge >= 0.3 is 5.97 Å². The number of carboxylic acids is 2. The first-order valence-corrected chi connectivity index (χ1v) is 3.61. The number of ether oxygens (including phenoxy) is 1. The van der Waals surface area contributed by atoms with E-state index in [2.05, 4.69) is 4.74 Å². The van der Waals surface area contributed by atoms with Gasteiger partial charge in [0.15, 0.2) is 0 Å². The van der Waals surface area contributed by atoms with Crippen LogP contribution in [0, 0.1) is 5.92 Å². The molecule has 0 spiro atoms. The number of rotatable bonds is 3. The van der Waals surface area contributed by atoms with Crippen molar-refractivity contribution < 1.29 is 29.3 Å². The molecule has 0 unspecified atom stereocenters. The third kappa shape index (κ3) is 2.17. The zero-order valence-electron chi connectivity index (χ0n) is 6.52. The molecule has 1 saturated heterocycles. The molecule has 0 radical (unpaired) electrons. The lowest BCUT2D eigenvalue weighted by molar-refractivity contribution is -0.317. The monoisotopic (exact) mass is 186 g/mol. The molecule has 0 N–H and O–H groups in total. The van der Waals surface area contributed by atoms with Gasteiger partial charge in [0.2, 0.25) is 0 Å². The summed E-state index contributed by atoms with van der Waals surface area (Å²) in [4.78, 5) is 31.1. The summed E-state index contributed by atoms with van der Waals surface area (Å²) in [6.45, 7) is 0. The Morgan fingerprint density at radius 2 is 2.08 bits per heavy atom. The Balaban J connectivity index is 2.66. The number of hydrogen-bond acceptors (Lipinski definition) is 6. The van der Waals surface area contributed by atoms with E-state index in [0.29, 0.717) is 0 Å². The highest BCUT2D eigenvalue weighted by Crippen LogP contribution is 2.24. The second-order valence-corrected chi connectivity index (χ2v) is 2.77. The minimum Gasteiger partial charge on any atom is -0.550 e. The van der Waals surface area contributed by atoms with Gasteiger partial charge in [0, 0.05) is 11.9 Å². The number of hydrogen-bond donors (Lipinski definition) is 0. The molecule has 1 aliphatic rings. The van der Waals surface area contributed by atoms with E-state index in [-0.39, 0.29) is 6.42 Å². The fraction of sp³-hybridized carbons (Fsp3) is 0.571. The smallest absolute Gasteiger partial charge is 0.306 e. The van der Waals surface area contributed by atoms with Crippen molar-refractivity contribution in [2.45, 2.75) is 18.9 Å². The number of cyclic esters (lactones) is 1. The highest BCUT2D eigenvalue weighted by atomic mass is 16.6. The van der Waals surface area contributed by atoms with Crippen molar-refractivity contribution in [3.05, 3.63) is 0 Å². The molecule has 72 valence electrons. The van der Waals surface area contributed by atoms with Crippen molar-refractivity contribution in [2.24, 2.45) is 5.92 Å². The lowest BCUT2D eigenvalue weighted by Gasteiger charge is -2.17. The van der Waals surface area contributed by atoms with Gasteiger partial charge in [0.05, 0.1) is 12.4 Å². The van der Waals surface area contributed by atoms with E-state index >= 15 is 0 Å². The van der Waals surface area contributed by atoms with Crippen LogP contribution in [0.1, 0.15) is 12.8 Å². The van der Waals surface area contributed by atoms with Gasteiger partial charge in [0.1, 0.15) is 6.10 Å². The Morgan fingerprint density at radius 1 is 1.46 bits per heavy atom. The van der Waals surface area contributed by atoms with Gasteiger partial charge in [-0.2, -0.15) is 0 Å². The summed E-state index contributed by atoms with van der Waals surface area (Å²) in [5, 5.41) is 20.5. The molecule has 1 rings (SSSR count). The Labute approximate surface area is 73.1 Å². The van der Waals surface area contributed by atoms with E-state index in [9.17, 15) is 24.6 Å². The first-order chi connectivity index (χ1) is 6.00. The van der Waals surface area contributed by atoms with E-state index < -0.39 is 36.4 Å². The summed E-state index contributed by atoms with van der Waals surface area (Å²) in [6.07, 6.45) is -2.18. The average molecular weight is 186 g/mol. The maximum atomic E-state index is 10.6. The molecule has 0 saturated carbocycles. The molecule has 2 atom stereocenters. The lowest BCUT2D eigenvalue weighted by atomic mass is 9.98. The van der Waals surface area contributed by atoms with Gasteiger partial charge < -0.3 is 24.5 Å². The van der Waals surface area contributed by atoms with Crippen molar-refractivity contribution in [3.8, 4) is 0 Å². The van der Waals surface area contributed by atoms with Crippen LogP contribution in [-0.4, -0.2) is 24.0 Å². The van der Waals surface area contributed by atoms with Gasteiger partial charge in [-0.05, 0) is 6.42 Å². The van der Waals surface area contributed by atoms with Crippen LogP contribution in [0.2, 0.25) is 0 Å². The SMILES string of the molecule is O=C([O-])C[C@H]1CC(=O)O[C@H]1C(=O)[O-]. The zero-order chi connectivity index (χ0) is 10.0. The van der Waals surface area contributed by atoms with E-state index in [1.165, 1.54) is 0 Å². The predicted molar refractivity (Wildman–Crippen MR) is 32.6 cm³/mol. The lowest BCUT2D eigenvalue weighted by Crippen LogP contribution is -2.41. The third-order valence-electron chi connectivity index (χ3n) is 1.78. The highest BCUT2D eigenvalue weighted by molar-refractivity contribution is 5.82. The highest BCUT2D eigenvalue weighted by Gasteiger charge is 2.35. The normalized spacial score (nSPS) is 26.9. The first kappa shape index (κ1) is 9.50. The molecular formula is C7H6O6-2. The molecule has 1 heterocycles. The molecule has 0 amide bonds. The van der Waals surface area contributed by atoms with Gasteiger partial charge in [-0.25, -0.2) is 0 Å². The quantitative estimate of drug-likeness (QED) is 0.430. The van der Waals surface area contributed by atoms with E-state index in [1.54, 1.807) is 0 Å². The van der Waals surface area contributed by atoms with Crippen LogP contribution in [0.5, 0.6) is 0 Å². The van der Waals surface area contributed by atoms with Gasteiger partial charge in [0.25, 0.3) is 0 Å². The molecule has 0 aromatic heterocycles. The molecule has 1 aliphatic heterocycles. The van der Waals surface area contributed by atoms with Crippen molar-refractivity contribution in [1.82, 2.24) is 0 Å². The minimum atomic E-state index is -1.57. The van der Waals surface area contributed by atoms with E-state index in [0.717, 1.165) is 0 Å². The minimum absolute atomic E-state index is 0.216. The van der Waals surface area contributed by atoms with Crippen LogP contribution in [0.15, 0.2) is 0 Å². The fourth-order valence-electron chi connectivity index (χ4n) is 1.24. The van der Waals surface area contributed by atoms with Crippen LogP contribution in [0.3, 0.4) is 0 Å². The maximum Gasteiger partial charge on any atom is 0.306 e. The van der Waals surface area contributed by atoms with Crippen LogP contribution < -0.4 is 10.2 Å². The fourth-order valence-corrected chi connectivity index (χ4v) is 1.24. The number of aliphatic carboxylic acids is 2. The molecule has 6 nitrogen and oxygen atoms in total. The molecule has 0 bridgehead atoms. The zero-order valence-corrected chi connectivity index (χ0v) is 6.52. The van der Waals surface area contributed by atoms with E-state index in [1.807, 2.05) is 0 Å². The Kier molecular flexibility index (Phi) is 2.50. The standard InChI is InChI=1S/C7H8O6/c8-4(9)1-3-2-5(10)13-6(3)7(11)12/h3,6H,1-2H2,(H,8,9)(H,11,12)/p-2/t3-,6+/m0/s1. The van der Waals surface area contributed by atoms with E-state index in [4.69, 9.17) is 0 Å². The van der Waals surface area contributed by atoms with Crippen molar-refractivity contribution in [2.75, 3.05) is 0 Å². The molecule has 0 aromatic carbocycles. The Morgan fingerprint density at radius 3 is 2.54 bits per heavy atom. The van der Waals surface area contributed by atoms with Crippen LogP contribution in [0.4, 0.5) is 0 Å². The maximum absolute atomic E-state index is 10.6. The predicted octanol–water partition coefficient (Wildman–Crippen LogP) is -3.19. The van der Waals surface area contributed by atoms with Crippen LogP contribution in [-0.2, 0) is 19.1 Å². The molecule has 1 fully saturated rings. The largest absolute Gasteiger partial charge is 0.550 e. The summed E-state index contributed by atoms with van der Waals surface area (Å²) in [5.74, 6) is -4.57. The summed E-state index contributed by atoms with van der Waals surface area (Å²) in [5.41, 5.74) is 0. The second-order valence-electron chi connectivity index (χ2n) is 2.77. The summed E-state index contributed by atoms with van der Waals surface area (Å²) in [7, 11) is 0. The molecule has 6 heteroatoms. The Hall–Kier alpha value is -1.59. The van der Waals surface area contributed by atoms with Crippen molar-refractivity contribution in [1.29, 1.82) is 0 Å². The third-order valence-corrected chi connectivity index (χ3v) is 1.78. The number of carboxylic acid groups (broad SMARTS) is 2. The van der Waals surface area contributed by atoms with Crippen molar-refractivity contribution >= 4 is 17.9 Å². The van der Waals surface area contributed by atoms with Gasteiger partial charge in [-0.15, -0.1) is 0 Å².